The molecule has 3 aliphatic carbocycles. The molecule has 3 nitrogen and oxygen atoms in total. The summed E-state index contributed by atoms with van der Waals surface area (Å²) in [4.78, 5) is 4.69. The molecule has 7 aromatic carbocycles. The first kappa shape index (κ1) is 32.4. The van der Waals surface area contributed by atoms with Crippen LogP contribution in [0.1, 0.15) is 44.6 Å². The van der Waals surface area contributed by atoms with Crippen LogP contribution in [0.4, 0.5) is 34.1 Å². The van der Waals surface area contributed by atoms with Crippen LogP contribution in [-0.4, -0.2) is 0 Å². The van der Waals surface area contributed by atoms with Crippen LogP contribution in [-0.2, 0) is 5.41 Å². The minimum Gasteiger partial charge on any atom is -0.456 e. The number of rotatable bonds is 8. The molecule has 3 fully saturated rings. The van der Waals surface area contributed by atoms with Gasteiger partial charge in [-0.05, 0) is 150 Å². The van der Waals surface area contributed by atoms with Gasteiger partial charge in [0.1, 0.15) is 11.2 Å². The Morgan fingerprint density at radius 3 is 1.71 bits per heavy atom. The Morgan fingerprint density at radius 1 is 0.491 bits per heavy atom. The van der Waals surface area contributed by atoms with E-state index in [1.165, 1.54) is 48.8 Å². The molecule has 0 N–H and O–H groups in total. The predicted molar refractivity (Wildman–Crippen MR) is 228 cm³/mol. The van der Waals surface area contributed by atoms with Gasteiger partial charge in [-0.25, -0.2) is 0 Å². The molecule has 1 aromatic heterocycles. The summed E-state index contributed by atoms with van der Waals surface area (Å²) < 4.78 is 6.21. The van der Waals surface area contributed by atoms with E-state index in [0.29, 0.717) is 10.8 Å². The summed E-state index contributed by atoms with van der Waals surface area (Å²) in [6.07, 6.45) is 7.13. The molecule has 11 rings (SSSR count). The zero-order chi connectivity index (χ0) is 36.6. The van der Waals surface area contributed by atoms with Crippen molar-refractivity contribution in [1.29, 1.82) is 0 Å². The highest BCUT2D eigenvalue weighted by Gasteiger charge is 2.70. The number of para-hydroxylation sites is 3. The maximum atomic E-state index is 6.21. The van der Waals surface area contributed by atoms with Crippen molar-refractivity contribution in [2.75, 3.05) is 9.80 Å². The molecule has 4 atom stereocenters. The number of nitrogens with zero attached hydrogens (tertiary/aromatic N) is 2. The Hall–Kier alpha value is -6.06. The van der Waals surface area contributed by atoms with Gasteiger partial charge in [0.05, 0.1) is 0 Å². The largest absolute Gasteiger partial charge is 0.456 e. The molecule has 0 saturated heterocycles. The summed E-state index contributed by atoms with van der Waals surface area (Å²) in [5.74, 6) is 2.05. The van der Waals surface area contributed by atoms with Gasteiger partial charge in [0.15, 0.2) is 0 Å². The first-order chi connectivity index (χ1) is 27.0. The lowest BCUT2D eigenvalue weighted by Crippen LogP contribution is -2.41. The molecule has 0 bridgehead atoms. The van der Waals surface area contributed by atoms with Crippen LogP contribution >= 0.6 is 0 Å². The summed E-state index contributed by atoms with van der Waals surface area (Å²) >= 11 is 0. The second-order valence-electron chi connectivity index (χ2n) is 16.6. The van der Waals surface area contributed by atoms with E-state index in [1.807, 2.05) is 12.1 Å². The van der Waals surface area contributed by atoms with Crippen LogP contribution in [0.2, 0.25) is 0 Å². The van der Waals surface area contributed by atoms with Crippen molar-refractivity contribution < 1.29 is 4.42 Å². The van der Waals surface area contributed by atoms with E-state index in [-0.39, 0.29) is 0 Å². The molecule has 3 saturated carbocycles. The number of hydrogen-bond donors (Lipinski definition) is 0. The van der Waals surface area contributed by atoms with Gasteiger partial charge in [0, 0.05) is 44.9 Å². The van der Waals surface area contributed by atoms with Gasteiger partial charge in [-0.1, -0.05) is 104 Å². The zero-order valence-corrected chi connectivity index (χ0v) is 31.2. The zero-order valence-electron chi connectivity index (χ0n) is 31.2. The molecule has 55 heavy (non-hydrogen) atoms. The van der Waals surface area contributed by atoms with Crippen LogP contribution in [0.15, 0.2) is 180 Å². The Bertz CT molecular complexity index is 2660. The average molecular weight is 713 g/mol. The monoisotopic (exact) mass is 712 g/mol. The van der Waals surface area contributed by atoms with Crippen LogP contribution in [0.5, 0.6) is 0 Å². The van der Waals surface area contributed by atoms with Crippen molar-refractivity contribution in [2.24, 2.45) is 17.3 Å². The quantitative estimate of drug-likeness (QED) is 0.156. The van der Waals surface area contributed by atoms with Crippen LogP contribution in [0, 0.1) is 17.3 Å². The Morgan fingerprint density at radius 2 is 1.04 bits per heavy atom. The lowest BCUT2D eigenvalue weighted by atomic mass is 9.55. The molecule has 3 heteroatoms. The highest BCUT2D eigenvalue weighted by molar-refractivity contribution is 6.06. The van der Waals surface area contributed by atoms with Crippen molar-refractivity contribution in [2.45, 2.75) is 44.4 Å². The highest BCUT2D eigenvalue weighted by Crippen LogP contribution is 2.78. The van der Waals surface area contributed by atoms with E-state index in [2.05, 4.69) is 181 Å². The molecule has 3 aliphatic rings. The summed E-state index contributed by atoms with van der Waals surface area (Å²) in [5.41, 5.74) is 13.4. The normalized spacial score (nSPS) is 22.4. The maximum Gasteiger partial charge on any atom is 0.135 e. The van der Waals surface area contributed by atoms with Gasteiger partial charge in [0.2, 0.25) is 0 Å². The fourth-order valence-electron chi connectivity index (χ4n) is 10.5. The van der Waals surface area contributed by atoms with Gasteiger partial charge in [-0.2, -0.15) is 0 Å². The molecule has 8 aromatic rings. The van der Waals surface area contributed by atoms with E-state index < -0.39 is 0 Å². The third kappa shape index (κ3) is 5.40. The van der Waals surface area contributed by atoms with E-state index in [0.717, 1.165) is 67.9 Å². The SMILES string of the molecule is CC1(c2ccc(-c3ccc(N(c4ccccc4)c4cccc(N(c5ccccc5)c5ccc6oc7ccccc7c6c5)c4)cc3)cc2)CCC2CC3CC23C1. The fraction of sp³-hybridized carbons (Fsp3) is 0.192. The maximum absolute atomic E-state index is 6.21. The average Bonchev–Trinajstić information content (AvgIpc) is 3.57. The van der Waals surface area contributed by atoms with Gasteiger partial charge >= 0.3 is 0 Å². The van der Waals surface area contributed by atoms with Crippen LogP contribution < -0.4 is 9.80 Å². The van der Waals surface area contributed by atoms with Crippen molar-refractivity contribution in [3.63, 3.8) is 0 Å². The minimum atomic E-state index is 0.315. The first-order valence-electron chi connectivity index (χ1n) is 20.0. The van der Waals surface area contributed by atoms with E-state index in [9.17, 15) is 0 Å². The summed E-state index contributed by atoms with van der Waals surface area (Å²) in [5, 5.41) is 2.23. The second kappa shape index (κ2) is 12.5. The Balaban J connectivity index is 0.937. The van der Waals surface area contributed by atoms with Gasteiger partial charge in [0.25, 0.3) is 0 Å². The van der Waals surface area contributed by atoms with Gasteiger partial charge in [-0.3, -0.25) is 0 Å². The highest BCUT2D eigenvalue weighted by atomic mass is 16.3. The van der Waals surface area contributed by atoms with E-state index >= 15 is 0 Å². The molecule has 4 unspecified atom stereocenters. The number of benzene rings is 7. The molecule has 268 valence electrons. The third-order valence-electron chi connectivity index (χ3n) is 13.5. The molecule has 0 aliphatic heterocycles. The summed E-state index contributed by atoms with van der Waals surface area (Å²) in [6, 6.07) is 63.6. The van der Waals surface area contributed by atoms with Crippen LogP contribution in [0.25, 0.3) is 33.1 Å². The van der Waals surface area contributed by atoms with Crippen molar-refractivity contribution in [3.8, 4) is 11.1 Å². The van der Waals surface area contributed by atoms with Crippen molar-refractivity contribution in [3.05, 3.63) is 181 Å². The number of hydrogen-bond acceptors (Lipinski definition) is 3. The van der Waals surface area contributed by atoms with Gasteiger partial charge < -0.3 is 14.2 Å². The van der Waals surface area contributed by atoms with E-state index in [1.54, 1.807) is 0 Å². The van der Waals surface area contributed by atoms with Gasteiger partial charge in [-0.15, -0.1) is 0 Å². The second-order valence-corrected chi connectivity index (χ2v) is 16.6. The standard InChI is InChI=1S/C52H44N2O/c1-51(30-29-39-31-40-34-52(39,40)35-51)38-23-19-36(20-24-38)37-21-25-43(26-22-37)53(41-11-4-2-5-12-41)44-15-10-16-45(32-44)54(42-13-6-3-7-14-42)46-27-28-50-48(33-46)47-17-8-9-18-49(47)55-50/h2-28,32-33,39-40H,29-31,34-35H2,1H3. The van der Waals surface area contributed by atoms with Crippen molar-refractivity contribution in [1.82, 2.24) is 0 Å². The summed E-state index contributed by atoms with van der Waals surface area (Å²) in [6.45, 7) is 2.53. The van der Waals surface area contributed by atoms with Crippen molar-refractivity contribution >= 4 is 56.1 Å². The van der Waals surface area contributed by atoms with E-state index in [4.69, 9.17) is 4.42 Å². The number of anilines is 6. The minimum absolute atomic E-state index is 0.315. The molecular weight excluding hydrogens is 669 g/mol. The molecule has 0 amide bonds. The molecule has 1 heterocycles. The molecule has 0 radical (unpaired) electrons. The third-order valence-corrected chi connectivity index (χ3v) is 13.5. The molecule has 1 spiro atoms. The molecular formula is C52H44N2O. The predicted octanol–water partition coefficient (Wildman–Crippen LogP) is 14.7. The first-order valence-corrected chi connectivity index (χ1v) is 20.0. The fourth-order valence-corrected chi connectivity index (χ4v) is 10.5. The lowest BCUT2D eigenvalue weighted by Gasteiger charge is -2.49. The number of fused-ring (bicyclic) bond motifs is 3. The summed E-state index contributed by atoms with van der Waals surface area (Å²) in [7, 11) is 0. The lowest BCUT2D eigenvalue weighted by molar-refractivity contribution is 0.0507. The Kier molecular flexibility index (Phi) is 7.36. The topological polar surface area (TPSA) is 19.6 Å². The van der Waals surface area contributed by atoms with Crippen LogP contribution in [0.3, 0.4) is 0 Å². The Labute approximate surface area is 323 Å². The number of furan rings is 1. The smallest absolute Gasteiger partial charge is 0.135 e.